The Hall–Kier alpha value is -1.09. The summed E-state index contributed by atoms with van der Waals surface area (Å²) in [6, 6.07) is 6.15. The molecule has 0 aliphatic heterocycles. The summed E-state index contributed by atoms with van der Waals surface area (Å²) < 4.78 is 13.7. The van der Waals surface area contributed by atoms with Crippen molar-refractivity contribution < 1.29 is 4.39 Å². The number of hydrogen-bond donors (Lipinski definition) is 1. The molecule has 2 nitrogen and oxygen atoms in total. The van der Waals surface area contributed by atoms with Crippen LogP contribution in [-0.2, 0) is 6.54 Å². The third-order valence-electron chi connectivity index (χ3n) is 3.73. The zero-order valence-corrected chi connectivity index (χ0v) is 10.0. The molecule has 3 rings (SSSR count). The molecule has 0 atom stereocenters. The van der Waals surface area contributed by atoms with E-state index in [0.717, 1.165) is 18.2 Å². The summed E-state index contributed by atoms with van der Waals surface area (Å²) in [7, 11) is 0. The summed E-state index contributed by atoms with van der Waals surface area (Å²) in [4.78, 5) is 2.39. The second-order valence-corrected chi connectivity index (χ2v) is 5.31. The van der Waals surface area contributed by atoms with Gasteiger partial charge in [0, 0.05) is 30.4 Å². The van der Waals surface area contributed by atoms with Crippen molar-refractivity contribution in [1.29, 1.82) is 0 Å². The van der Waals surface area contributed by atoms with Crippen LogP contribution in [0.25, 0.3) is 0 Å². The fourth-order valence-corrected chi connectivity index (χ4v) is 2.31. The number of nitrogens with zero attached hydrogens (tertiary/aromatic N) is 1. The van der Waals surface area contributed by atoms with Gasteiger partial charge < -0.3 is 10.6 Å². The average Bonchev–Trinajstić information content (AvgIpc) is 3.17. The van der Waals surface area contributed by atoms with Crippen molar-refractivity contribution in [1.82, 2.24) is 0 Å². The number of hydrogen-bond acceptors (Lipinski definition) is 2. The summed E-state index contributed by atoms with van der Waals surface area (Å²) in [5.74, 6) is 0.680. The third-order valence-corrected chi connectivity index (χ3v) is 3.73. The van der Waals surface area contributed by atoms with Gasteiger partial charge in [-0.2, -0.15) is 0 Å². The van der Waals surface area contributed by atoms with E-state index < -0.39 is 0 Å². The first-order valence-electron chi connectivity index (χ1n) is 6.53. The number of halogens is 1. The van der Waals surface area contributed by atoms with E-state index in [4.69, 9.17) is 5.73 Å². The highest BCUT2D eigenvalue weighted by atomic mass is 19.1. The summed E-state index contributed by atoms with van der Waals surface area (Å²) in [5.41, 5.74) is 7.13. The van der Waals surface area contributed by atoms with Gasteiger partial charge in [-0.3, -0.25) is 0 Å². The van der Waals surface area contributed by atoms with Gasteiger partial charge >= 0.3 is 0 Å². The molecule has 0 spiro atoms. The first-order chi connectivity index (χ1) is 8.28. The number of nitrogens with two attached hydrogens (primary N) is 1. The van der Waals surface area contributed by atoms with Gasteiger partial charge in [0.05, 0.1) is 0 Å². The minimum atomic E-state index is -0.161. The van der Waals surface area contributed by atoms with Crippen molar-refractivity contribution in [2.45, 2.75) is 38.3 Å². The van der Waals surface area contributed by atoms with Gasteiger partial charge in [0.25, 0.3) is 0 Å². The normalized spacial score (nSPS) is 19.4. The Bertz CT molecular complexity index is 411. The SMILES string of the molecule is NCc1ccc(N(CC2CC2)C2CC2)cc1F. The molecule has 0 heterocycles. The molecule has 0 amide bonds. The van der Waals surface area contributed by atoms with Gasteiger partial charge in [-0.25, -0.2) is 4.39 Å². The molecule has 0 radical (unpaired) electrons. The summed E-state index contributed by atoms with van der Waals surface area (Å²) in [5, 5.41) is 0. The average molecular weight is 234 g/mol. The van der Waals surface area contributed by atoms with Crippen molar-refractivity contribution in [3.8, 4) is 0 Å². The van der Waals surface area contributed by atoms with Crippen molar-refractivity contribution in [3.63, 3.8) is 0 Å². The first-order valence-corrected chi connectivity index (χ1v) is 6.53. The van der Waals surface area contributed by atoms with Crippen LogP contribution in [0, 0.1) is 11.7 Å². The molecule has 2 fully saturated rings. The summed E-state index contributed by atoms with van der Waals surface area (Å²) >= 11 is 0. The maximum absolute atomic E-state index is 13.7. The van der Waals surface area contributed by atoms with Gasteiger partial charge in [-0.1, -0.05) is 6.07 Å². The summed E-state index contributed by atoms with van der Waals surface area (Å²) in [6.45, 7) is 1.38. The van der Waals surface area contributed by atoms with E-state index in [1.54, 1.807) is 6.07 Å². The van der Waals surface area contributed by atoms with E-state index in [2.05, 4.69) is 4.90 Å². The van der Waals surface area contributed by atoms with Crippen molar-refractivity contribution in [2.75, 3.05) is 11.4 Å². The minimum absolute atomic E-state index is 0.161. The van der Waals surface area contributed by atoms with Crippen LogP contribution in [0.3, 0.4) is 0 Å². The Morgan fingerprint density at radius 2 is 2.00 bits per heavy atom. The molecule has 3 heteroatoms. The molecule has 0 unspecified atom stereocenters. The van der Waals surface area contributed by atoms with Gasteiger partial charge in [0.1, 0.15) is 5.82 Å². The fourth-order valence-electron chi connectivity index (χ4n) is 2.31. The lowest BCUT2D eigenvalue weighted by atomic mass is 10.1. The van der Waals surface area contributed by atoms with Crippen molar-refractivity contribution in [3.05, 3.63) is 29.6 Å². The van der Waals surface area contributed by atoms with E-state index in [1.165, 1.54) is 25.7 Å². The molecule has 0 aromatic heterocycles. The molecule has 92 valence electrons. The smallest absolute Gasteiger partial charge is 0.129 e. The largest absolute Gasteiger partial charge is 0.368 e. The Morgan fingerprint density at radius 3 is 2.53 bits per heavy atom. The van der Waals surface area contributed by atoms with E-state index in [0.29, 0.717) is 11.6 Å². The van der Waals surface area contributed by atoms with Crippen LogP contribution < -0.4 is 10.6 Å². The second-order valence-electron chi connectivity index (χ2n) is 5.31. The Morgan fingerprint density at radius 1 is 1.24 bits per heavy atom. The molecule has 2 aliphatic rings. The maximum Gasteiger partial charge on any atom is 0.129 e. The van der Waals surface area contributed by atoms with Crippen LogP contribution in [0.15, 0.2) is 18.2 Å². The van der Waals surface area contributed by atoms with Gasteiger partial charge in [-0.15, -0.1) is 0 Å². The molecular weight excluding hydrogens is 215 g/mol. The first kappa shape index (κ1) is 11.0. The molecule has 17 heavy (non-hydrogen) atoms. The third kappa shape index (κ3) is 2.44. The Kier molecular flexibility index (Phi) is 2.79. The zero-order chi connectivity index (χ0) is 11.8. The monoisotopic (exact) mass is 234 g/mol. The van der Waals surface area contributed by atoms with Gasteiger partial charge in [0.2, 0.25) is 0 Å². The molecule has 2 N–H and O–H groups in total. The van der Waals surface area contributed by atoms with Gasteiger partial charge in [0.15, 0.2) is 0 Å². The standard InChI is InChI=1S/C14H19FN2/c15-14-7-13(4-3-11(14)8-16)17(12-5-6-12)9-10-1-2-10/h3-4,7,10,12H,1-2,5-6,8-9,16H2. The maximum atomic E-state index is 13.7. The lowest BCUT2D eigenvalue weighted by Gasteiger charge is -2.25. The summed E-state index contributed by atoms with van der Waals surface area (Å²) in [6.07, 6.45) is 5.19. The zero-order valence-electron chi connectivity index (χ0n) is 10.0. The predicted octanol–water partition coefficient (Wildman–Crippen LogP) is 2.66. The highest BCUT2D eigenvalue weighted by Crippen LogP contribution is 2.37. The highest BCUT2D eigenvalue weighted by molar-refractivity contribution is 5.50. The van der Waals surface area contributed by atoms with Crippen molar-refractivity contribution >= 4 is 5.69 Å². The van der Waals surface area contributed by atoms with Crippen molar-refractivity contribution in [2.24, 2.45) is 11.7 Å². The van der Waals surface area contributed by atoms with Crippen LogP contribution in [-0.4, -0.2) is 12.6 Å². The lowest BCUT2D eigenvalue weighted by molar-refractivity contribution is 0.608. The van der Waals surface area contributed by atoms with E-state index >= 15 is 0 Å². The Balaban J connectivity index is 1.81. The molecular formula is C14H19FN2. The molecule has 2 saturated carbocycles. The second kappa shape index (κ2) is 4.30. The predicted molar refractivity (Wildman–Crippen MR) is 67.4 cm³/mol. The van der Waals surface area contributed by atoms with E-state index in [1.807, 2.05) is 12.1 Å². The topological polar surface area (TPSA) is 29.3 Å². The quantitative estimate of drug-likeness (QED) is 0.848. The van der Waals surface area contributed by atoms with Crippen LogP contribution >= 0.6 is 0 Å². The fraction of sp³-hybridized carbons (Fsp3) is 0.571. The van der Waals surface area contributed by atoms with Gasteiger partial charge in [-0.05, 0) is 43.7 Å². The number of anilines is 1. The molecule has 2 aliphatic carbocycles. The molecule has 0 saturated heterocycles. The van der Waals surface area contributed by atoms with Crippen LogP contribution in [0.1, 0.15) is 31.2 Å². The molecule has 1 aromatic rings. The number of rotatable bonds is 5. The number of benzene rings is 1. The Labute approximate surface area is 102 Å². The minimum Gasteiger partial charge on any atom is -0.368 e. The van der Waals surface area contributed by atoms with Crippen LogP contribution in [0.4, 0.5) is 10.1 Å². The highest BCUT2D eigenvalue weighted by Gasteiger charge is 2.33. The molecule has 0 bridgehead atoms. The van der Waals surface area contributed by atoms with E-state index in [9.17, 15) is 4.39 Å². The van der Waals surface area contributed by atoms with Crippen LogP contribution in [0.2, 0.25) is 0 Å². The van der Waals surface area contributed by atoms with E-state index in [-0.39, 0.29) is 12.4 Å². The van der Waals surface area contributed by atoms with Crippen LogP contribution in [0.5, 0.6) is 0 Å². The lowest BCUT2D eigenvalue weighted by Crippen LogP contribution is -2.28. The molecule has 1 aromatic carbocycles.